The first-order valence-corrected chi connectivity index (χ1v) is 9.16. The van der Waals surface area contributed by atoms with Crippen molar-refractivity contribution >= 4 is 17.0 Å². The number of likely N-dealkylation sites (tertiary alicyclic amines) is 1. The van der Waals surface area contributed by atoms with Gasteiger partial charge in [-0.1, -0.05) is 12.5 Å². The Morgan fingerprint density at radius 3 is 2.80 bits per heavy atom. The molecule has 1 saturated heterocycles. The van der Waals surface area contributed by atoms with Crippen LogP contribution in [-0.2, 0) is 0 Å². The van der Waals surface area contributed by atoms with Crippen molar-refractivity contribution < 1.29 is 9.53 Å². The maximum absolute atomic E-state index is 12.2. The van der Waals surface area contributed by atoms with E-state index < -0.39 is 0 Å². The normalized spacial score (nSPS) is 16.6. The highest BCUT2D eigenvalue weighted by molar-refractivity contribution is 5.87. The molecule has 0 N–H and O–H groups in total. The SMILES string of the molecule is CCN(C)C(=O)Oc1cc(C(C)N2CCCCC2)cc2cccnc12. The van der Waals surface area contributed by atoms with E-state index in [0.717, 1.165) is 24.0 Å². The van der Waals surface area contributed by atoms with Gasteiger partial charge in [0.2, 0.25) is 0 Å². The van der Waals surface area contributed by atoms with Crippen LogP contribution in [0.5, 0.6) is 5.75 Å². The Kier molecular flexibility index (Phi) is 5.53. The van der Waals surface area contributed by atoms with Crippen LogP contribution in [0, 0.1) is 0 Å². The minimum Gasteiger partial charge on any atom is -0.408 e. The lowest BCUT2D eigenvalue weighted by molar-refractivity contribution is 0.164. The molecule has 25 heavy (non-hydrogen) atoms. The zero-order chi connectivity index (χ0) is 17.8. The van der Waals surface area contributed by atoms with Crippen LogP contribution in [0.4, 0.5) is 4.79 Å². The van der Waals surface area contributed by atoms with E-state index in [1.165, 1.54) is 24.8 Å². The third-order valence-corrected chi connectivity index (χ3v) is 5.10. The largest absolute Gasteiger partial charge is 0.415 e. The van der Waals surface area contributed by atoms with Gasteiger partial charge in [0.15, 0.2) is 5.75 Å². The Morgan fingerprint density at radius 1 is 1.32 bits per heavy atom. The molecular weight excluding hydrogens is 314 g/mol. The second kappa shape index (κ2) is 7.83. The van der Waals surface area contributed by atoms with E-state index in [-0.39, 0.29) is 6.09 Å². The highest BCUT2D eigenvalue weighted by atomic mass is 16.6. The van der Waals surface area contributed by atoms with Gasteiger partial charge in [-0.05, 0) is 63.5 Å². The van der Waals surface area contributed by atoms with Crippen LogP contribution in [0.25, 0.3) is 10.9 Å². The molecule has 1 unspecified atom stereocenters. The smallest absolute Gasteiger partial charge is 0.408 e. The summed E-state index contributed by atoms with van der Waals surface area (Å²) in [4.78, 5) is 20.7. The Morgan fingerprint density at radius 2 is 2.08 bits per heavy atom. The lowest BCUT2D eigenvalue weighted by Gasteiger charge is -2.32. The number of aromatic nitrogens is 1. The summed E-state index contributed by atoms with van der Waals surface area (Å²) in [5, 5.41) is 1.01. The number of hydrogen-bond donors (Lipinski definition) is 0. The molecule has 1 aliphatic rings. The molecule has 5 nitrogen and oxygen atoms in total. The van der Waals surface area contributed by atoms with Crippen molar-refractivity contribution in [3.8, 4) is 5.75 Å². The molecule has 5 heteroatoms. The second-order valence-electron chi connectivity index (χ2n) is 6.75. The van der Waals surface area contributed by atoms with Crippen molar-refractivity contribution in [1.29, 1.82) is 0 Å². The number of nitrogens with zero attached hydrogens (tertiary/aromatic N) is 3. The van der Waals surface area contributed by atoms with Crippen LogP contribution in [-0.4, -0.2) is 47.6 Å². The van der Waals surface area contributed by atoms with Crippen LogP contribution in [0.15, 0.2) is 30.5 Å². The van der Waals surface area contributed by atoms with Crippen LogP contribution < -0.4 is 4.74 Å². The maximum atomic E-state index is 12.2. The number of fused-ring (bicyclic) bond motifs is 1. The summed E-state index contributed by atoms with van der Waals surface area (Å²) in [6, 6.07) is 8.39. The Balaban J connectivity index is 1.95. The zero-order valence-electron chi connectivity index (χ0n) is 15.4. The zero-order valence-corrected chi connectivity index (χ0v) is 15.4. The number of pyridine rings is 1. The standard InChI is InChI=1S/C20H27N3O2/c1-4-22(3)20(24)25-18-14-17(13-16-9-8-10-21-19(16)18)15(2)23-11-6-5-7-12-23/h8-10,13-15H,4-7,11-12H2,1-3H3. The Bertz CT molecular complexity index is 741. The molecule has 0 aliphatic carbocycles. The van der Waals surface area contributed by atoms with Gasteiger partial charge in [0.1, 0.15) is 5.52 Å². The van der Waals surface area contributed by atoms with Gasteiger partial charge in [-0.2, -0.15) is 0 Å². The summed E-state index contributed by atoms with van der Waals surface area (Å²) in [6.45, 7) is 7.01. The summed E-state index contributed by atoms with van der Waals surface area (Å²) in [5.41, 5.74) is 1.90. The van der Waals surface area contributed by atoms with E-state index in [1.54, 1.807) is 18.1 Å². The van der Waals surface area contributed by atoms with Gasteiger partial charge in [-0.15, -0.1) is 0 Å². The molecule has 2 aromatic rings. The number of amides is 1. The summed E-state index contributed by atoms with van der Waals surface area (Å²) < 4.78 is 5.66. The van der Waals surface area contributed by atoms with Gasteiger partial charge in [-0.3, -0.25) is 9.88 Å². The average molecular weight is 341 g/mol. The van der Waals surface area contributed by atoms with Crippen LogP contribution in [0.2, 0.25) is 0 Å². The quantitative estimate of drug-likeness (QED) is 0.835. The molecule has 0 spiro atoms. The topological polar surface area (TPSA) is 45.7 Å². The van der Waals surface area contributed by atoms with E-state index in [0.29, 0.717) is 18.3 Å². The molecular formula is C20H27N3O2. The number of piperidine rings is 1. The summed E-state index contributed by atoms with van der Waals surface area (Å²) in [7, 11) is 1.73. The predicted octanol–water partition coefficient (Wildman–Crippen LogP) is 4.23. The third-order valence-electron chi connectivity index (χ3n) is 5.10. The fourth-order valence-corrected chi connectivity index (χ4v) is 3.32. The number of rotatable bonds is 4. The molecule has 1 aromatic carbocycles. The first-order valence-electron chi connectivity index (χ1n) is 9.16. The van der Waals surface area contributed by atoms with Gasteiger partial charge >= 0.3 is 6.09 Å². The summed E-state index contributed by atoms with van der Waals surface area (Å²) in [5.74, 6) is 0.544. The molecule has 134 valence electrons. The molecule has 0 saturated carbocycles. The predicted molar refractivity (Wildman–Crippen MR) is 99.9 cm³/mol. The van der Waals surface area contributed by atoms with E-state index in [9.17, 15) is 4.79 Å². The maximum Gasteiger partial charge on any atom is 0.415 e. The third kappa shape index (κ3) is 3.93. The van der Waals surface area contributed by atoms with Gasteiger partial charge in [0.05, 0.1) is 0 Å². The van der Waals surface area contributed by atoms with Crippen LogP contribution in [0.1, 0.15) is 44.7 Å². The summed E-state index contributed by atoms with van der Waals surface area (Å²) >= 11 is 0. The van der Waals surface area contributed by atoms with Crippen molar-refractivity contribution in [2.24, 2.45) is 0 Å². The van der Waals surface area contributed by atoms with E-state index >= 15 is 0 Å². The molecule has 3 rings (SSSR count). The molecule has 1 amide bonds. The van der Waals surface area contributed by atoms with E-state index in [1.807, 2.05) is 25.1 Å². The molecule has 2 heterocycles. The second-order valence-corrected chi connectivity index (χ2v) is 6.75. The Hall–Kier alpha value is -2.14. The highest BCUT2D eigenvalue weighted by Gasteiger charge is 2.21. The minimum absolute atomic E-state index is 0.297. The lowest BCUT2D eigenvalue weighted by Crippen LogP contribution is -2.32. The van der Waals surface area contributed by atoms with Gasteiger partial charge in [-0.25, -0.2) is 4.79 Å². The molecule has 1 atom stereocenters. The first-order chi connectivity index (χ1) is 12.1. The monoisotopic (exact) mass is 341 g/mol. The van der Waals surface area contributed by atoms with E-state index in [2.05, 4.69) is 22.9 Å². The van der Waals surface area contributed by atoms with Gasteiger partial charge in [0.25, 0.3) is 0 Å². The molecule has 0 radical (unpaired) electrons. The number of carbonyl (C=O) groups excluding carboxylic acids is 1. The minimum atomic E-state index is -0.350. The van der Waals surface area contributed by atoms with E-state index in [4.69, 9.17) is 4.74 Å². The lowest BCUT2D eigenvalue weighted by atomic mass is 10.0. The number of carbonyl (C=O) groups is 1. The van der Waals surface area contributed by atoms with Gasteiger partial charge < -0.3 is 9.64 Å². The van der Waals surface area contributed by atoms with Crippen LogP contribution >= 0.6 is 0 Å². The fraction of sp³-hybridized carbons (Fsp3) is 0.500. The number of ether oxygens (including phenoxy) is 1. The number of hydrogen-bond acceptors (Lipinski definition) is 4. The first kappa shape index (κ1) is 17.7. The highest BCUT2D eigenvalue weighted by Crippen LogP contribution is 2.32. The van der Waals surface area contributed by atoms with Crippen LogP contribution in [0.3, 0.4) is 0 Å². The van der Waals surface area contributed by atoms with Crippen molar-refractivity contribution in [2.45, 2.75) is 39.2 Å². The van der Waals surface area contributed by atoms with Gasteiger partial charge in [0, 0.05) is 31.2 Å². The molecule has 1 aromatic heterocycles. The number of benzene rings is 1. The molecule has 1 fully saturated rings. The van der Waals surface area contributed by atoms with Crippen molar-refractivity contribution in [3.05, 3.63) is 36.0 Å². The fourth-order valence-electron chi connectivity index (χ4n) is 3.32. The van der Waals surface area contributed by atoms with Crippen molar-refractivity contribution in [3.63, 3.8) is 0 Å². The molecule has 1 aliphatic heterocycles. The van der Waals surface area contributed by atoms with Crippen molar-refractivity contribution in [2.75, 3.05) is 26.7 Å². The average Bonchev–Trinajstić information content (AvgIpc) is 2.67. The van der Waals surface area contributed by atoms with Crippen molar-refractivity contribution in [1.82, 2.24) is 14.8 Å². The summed E-state index contributed by atoms with van der Waals surface area (Å²) in [6.07, 6.45) is 5.21. The molecule has 0 bridgehead atoms. The Labute approximate surface area is 149 Å².